The summed E-state index contributed by atoms with van der Waals surface area (Å²) in [5, 5.41) is 4.70. The summed E-state index contributed by atoms with van der Waals surface area (Å²) in [6, 6.07) is 0.0944. The smallest absolute Gasteiger partial charge is 0.251 e. The molecule has 0 saturated carbocycles. The molecule has 0 bridgehead atoms. The van der Waals surface area contributed by atoms with E-state index < -0.39 is 10.0 Å². The molecule has 0 fully saturated rings. The molecule has 0 spiro atoms. The Bertz CT molecular complexity index is 459. The molecule has 16 heavy (non-hydrogen) atoms. The Hall–Kier alpha value is 0.530. The maximum Gasteiger partial charge on any atom is 0.251 e. The van der Waals surface area contributed by atoms with Gasteiger partial charge in [0.2, 0.25) is 0 Å². The zero-order valence-corrected chi connectivity index (χ0v) is 13.6. The van der Waals surface area contributed by atoms with Crippen molar-refractivity contribution in [1.82, 2.24) is 10.0 Å². The molecule has 0 aliphatic rings. The third-order valence-electron chi connectivity index (χ3n) is 1.97. The van der Waals surface area contributed by atoms with Crippen molar-refractivity contribution in [2.24, 2.45) is 0 Å². The Balaban J connectivity index is 2.83. The third kappa shape index (κ3) is 3.51. The highest BCUT2D eigenvalue weighted by atomic mass is 79.9. The zero-order chi connectivity index (χ0) is 12.3. The van der Waals surface area contributed by atoms with E-state index in [-0.39, 0.29) is 6.04 Å². The van der Waals surface area contributed by atoms with Gasteiger partial charge in [0.1, 0.15) is 4.21 Å². The van der Waals surface area contributed by atoms with E-state index >= 15 is 0 Å². The summed E-state index contributed by atoms with van der Waals surface area (Å²) in [5.41, 5.74) is 0. The normalized spacial score (nSPS) is 14.0. The monoisotopic (exact) mass is 390 g/mol. The van der Waals surface area contributed by atoms with Crippen molar-refractivity contribution in [2.75, 3.05) is 13.6 Å². The van der Waals surface area contributed by atoms with Crippen LogP contribution >= 0.6 is 43.2 Å². The molecule has 1 aromatic heterocycles. The zero-order valence-electron chi connectivity index (χ0n) is 8.75. The molecule has 0 aliphatic carbocycles. The van der Waals surface area contributed by atoms with Crippen LogP contribution in [0.4, 0.5) is 0 Å². The molecule has 1 unspecified atom stereocenters. The minimum atomic E-state index is -3.42. The van der Waals surface area contributed by atoms with Crippen LogP contribution in [0.25, 0.3) is 0 Å². The lowest BCUT2D eigenvalue weighted by Crippen LogP contribution is -2.36. The second-order valence-corrected chi connectivity index (χ2v) is 7.72. The SMILES string of the molecule is CNC(C)CNS(=O)(=O)c1scc(Br)c1Br. The number of rotatable bonds is 5. The van der Waals surface area contributed by atoms with E-state index in [2.05, 4.69) is 41.9 Å². The van der Waals surface area contributed by atoms with E-state index in [9.17, 15) is 8.42 Å². The van der Waals surface area contributed by atoms with E-state index in [1.54, 1.807) is 12.4 Å². The molecule has 0 aliphatic heterocycles. The van der Waals surface area contributed by atoms with Crippen molar-refractivity contribution in [3.05, 3.63) is 14.3 Å². The molecule has 8 heteroatoms. The summed E-state index contributed by atoms with van der Waals surface area (Å²) >= 11 is 7.68. The van der Waals surface area contributed by atoms with Crippen LogP contribution in [0.15, 0.2) is 18.5 Å². The van der Waals surface area contributed by atoms with Crippen molar-refractivity contribution in [3.63, 3.8) is 0 Å². The molecule has 2 N–H and O–H groups in total. The Kier molecular flexibility index (Phi) is 5.40. The van der Waals surface area contributed by atoms with Gasteiger partial charge in [-0.25, -0.2) is 13.1 Å². The molecule has 0 amide bonds. The highest BCUT2D eigenvalue weighted by Crippen LogP contribution is 2.35. The summed E-state index contributed by atoms with van der Waals surface area (Å²) in [4.78, 5) is 0. The topological polar surface area (TPSA) is 58.2 Å². The fourth-order valence-corrected chi connectivity index (χ4v) is 5.13. The fourth-order valence-electron chi connectivity index (χ4n) is 0.890. The molecule has 1 atom stereocenters. The number of hydrogen-bond acceptors (Lipinski definition) is 4. The van der Waals surface area contributed by atoms with Gasteiger partial charge in [0, 0.05) is 22.4 Å². The van der Waals surface area contributed by atoms with E-state index in [4.69, 9.17) is 0 Å². The van der Waals surface area contributed by atoms with Gasteiger partial charge < -0.3 is 5.32 Å². The second kappa shape index (κ2) is 5.92. The quantitative estimate of drug-likeness (QED) is 0.808. The predicted octanol–water partition coefficient (Wildman–Crippen LogP) is 2.16. The van der Waals surface area contributed by atoms with E-state index in [0.29, 0.717) is 15.2 Å². The van der Waals surface area contributed by atoms with Crippen LogP contribution < -0.4 is 10.0 Å². The number of thiophene rings is 1. The number of hydrogen-bond donors (Lipinski definition) is 2. The molecule has 0 saturated heterocycles. The summed E-state index contributed by atoms with van der Waals surface area (Å²) in [5.74, 6) is 0. The largest absolute Gasteiger partial charge is 0.316 e. The third-order valence-corrected chi connectivity index (χ3v) is 7.74. The van der Waals surface area contributed by atoms with Gasteiger partial charge in [-0.3, -0.25) is 0 Å². The Morgan fingerprint density at radius 1 is 1.50 bits per heavy atom. The van der Waals surface area contributed by atoms with Crippen LogP contribution in [0.5, 0.6) is 0 Å². The first-order valence-electron chi connectivity index (χ1n) is 4.48. The molecule has 1 heterocycles. The second-order valence-electron chi connectivity index (χ2n) is 3.23. The van der Waals surface area contributed by atoms with Crippen LogP contribution in [0.2, 0.25) is 0 Å². The lowest BCUT2D eigenvalue weighted by molar-refractivity contribution is 0.555. The first kappa shape index (κ1) is 14.6. The number of sulfonamides is 1. The summed E-state index contributed by atoms with van der Waals surface area (Å²) < 4.78 is 28.0. The van der Waals surface area contributed by atoms with Gasteiger partial charge in [0.05, 0.1) is 4.47 Å². The highest BCUT2D eigenvalue weighted by molar-refractivity contribution is 9.13. The maximum absolute atomic E-state index is 11.9. The van der Waals surface area contributed by atoms with Crippen molar-refractivity contribution >= 4 is 53.2 Å². The average molecular weight is 392 g/mol. The van der Waals surface area contributed by atoms with E-state index in [0.717, 1.165) is 4.47 Å². The molecular formula is C8H12Br2N2O2S2. The van der Waals surface area contributed by atoms with Gasteiger partial charge in [-0.1, -0.05) is 0 Å². The summed E-state index contributed by atoms with van der Waals surface area (Å²) in [6.45, 7) is 2.27. The fraction of sp³-hybridized carbons (Fsp3) is 0.500. The van der Waals surface area contributed by atoms with Gasteiger partial charge in [-0.2, -0.15) is 0 Å². The van der Waals surface area contributed by atoms with Crippen LogP contribution in [-0.2, 0) is 10.0 Å². The summed E-state index contributed by atoms with van der Waals surface area (Å²) in [7, 11) is -1.64. The van der Waals surface area contributed by atoms with Crippen LogP contribution in [-0.4, -0.2) is 28.1 Å². The molecule has 0 radical (unpaired) electrons. The molecule has 0 aromatic carbocycles. The van der Waals surface area contributed by atoms with Crippen molar-refractivity contribution < 1.29 is 8.42 Å². The van der Waals surface area contributed by atoms with Gasteiger partial charge >= 0.3 is 0 Å². The maximum atomic E-state index is 11.9. The van der Waals surface area contributed by atoms with Crippen LogP contribution in [0.3, 0.4) is 0 Å². The first-order chi connectivity index (χ1) is 7.38. The molecule has 92 valence electrons. The minimum absolute atomic E-state index is 0.0944. The van der Waals surface area contributed by atoms with Gasteiger partial charge in [0.25, 0.3) is 10.0 Å². The Morgan fingerprint density at radius 3 is 2.56 bits per heavy atom. The number of likely N-dealkylation sites (N-methyl/N-ethyl adjacent to an activating group) is 1. The van der Waals surface area contributed by atoms with Crippen molar-refractivity contribution in [1.29, 1.82) is 0 Å². The lowest BCUT2D eigenvalue weighted by atomic mass is 10.4. The van der Waals surface area contributed by atoms with Crippen molar-refractivity contribution in [2.45, 2.75) is 17.2 Å². The minimum Gasteiger partial charge on any atom is -0.316 e. The molecule has 1 aromatic rings. The molecule has 1 rings (SSSR count). The van der Waals surface area contributed by atoms with Crippen LogP contribution in [0.1, 0.15) is 6.92 Å². The Labute approximate surface area is 116 Å². The average Bonchev–Trinajstić information content (AvgIpc) is 2.57. The summed E-state index contributed by atoms with van der Waals surface area (Å²) in [6.07, 6.45) is 0. The first-order valence-corrected chi connectivity index (χ1v) is 8.42. The number of nitrogens with one attached hydrogen (secondary N) is 2. The van der Waals surface area contributed by atoms with Crippen molar-refractivity contribution in [3.8, 4) is 0 Å². The standard InChI is InChI=1S/C8H12Br2N2O2S2/c1-5(11-2)3-12-16(13,14)8-7(10)6(9)4-15-8/h4-5,11-12H,3H2,1-2H3. The Morgan fingerprint density at radius 2 is 2.12 bits per heavy atom. The van der Waals surface area contributed by atoms with Gasteiger partial charge in [-0.15, -0.1) is 11.3 Å². The molecular weight excluding hydrogens is 380 g/mol. The van der Waals surface area contributed by atoms with E-state index in [1.807, 2.05) is 6.92 Å². The van der Waals surface area contributed by atoms with Crippen LogP contribution in [0, 0.1) is 0 Å². The molecule has 4 nitrogen and oxygen atoms in total. The van der Waals surface area contributed by atoms with Gasteiger partial charge in [0.15, 0.2) is 0 Å². The lowest BCUT2D eigenvalue weighted by Gasteiger charge is -2.11. The highest BCUT2D eigenvalue weighted by Gasteiger charge is 2.21. The van der Waals surface area contributed by atoms with E-state index in [1.165, 1.54) is 11.3 Å². The van der Waals surface area contributed by atoms with Gasteiger partial charge in [-0.05, 0) is 45.8 Å². The number of halogens is 2. The predicted molar refractivity (Wildman–Crippen MR) is 73.4 cm³/mol.